The topological polar surface area (TPSA) is 38.7 Å². The fourth-order valence-electron chi connectivity index (χ4n) is 3.44. The Morgan fingerprint density at radius 3 is 1.33 bits per heavy atom. The number of halogens is 1. The summed E-state index contributed by atoms with van der Waals surface area (Å²) in [4.78, 5) is 13.8. The Balaban J connectivity index is 2.07. The quantitative estimate of drug-likeness (QED) is 0.501. The molecule has 4 rings (SSSR count). The van der Waals surface area contributed by atoms with Crippen molar-refractivity contribution < 1.29 is 4.39 Å². The second-order valence-corrected chi connectivity index (χ2v) is 9.89. The van der Waals surface area contributed by atoms with Crippen LogP contribution in [0.3, 0.4) is 0 Å². The van der Waals surface area contributed by atoms with Crippen LogP contribution in [-0.2, 0) is 0 Å². The van der Waals surface area contributed by atoms with Gasteiger partial charge in [0.15, 0.2) is 0 Å². The number of nitrogens with zero attached hydrogens (tertiary/aromatic N) is 3. The van der Waals surface area contributed by atoms with Gasteiger partial charge in [-0.15, -0.1) is 0 Å². The van der Waals surface area contributed by atoms with Gasteiger partial charge in [0.25, 0.3) is 0 Å². The van der Waals surface area contributed by atoms with E-state index in [0.29, 0.717) is 21.9 Å². The first-order valence-electron chi connectivity index (χ1n) is 8.77. The zero-order valence-corrected chi connectivity index (χ0v) is 15.6. The Labute approximate surface area is 158 Å². The molecule has 0 bridgehead atoms. The minimum atomic E-state index is -3.27. The molecule has 4 aromatic rings. The van der Waals surface area contributed by atoms with E-state index in [1.165, 1.54) is 0 Å². The first-order valence-corrected chi connectivity index (χ1v) is 10.8. The van der Waals surface area contributed by atoms with Crippen LogP contribution in [0.4, 0.5) is 4.39 Å². The van der Waals surface area contributed by atoms with E-state index < -0.39 is 13.2 Å². The Bertz CT molecular complexity index is 886. The molecule has 1 aromatic carbocycles. The molecule has 0 saturated heterocycles. The number of pyridine rings is 3. The summed E-state index contributed by atoms with van der Waals surface area (Å²) in [5, 5.41) is 0. The van der Waals surface area contributed by atoms with Crippen LogP contribution in [0, 0.1) is 0 Å². The van der Waals surface area contributed by atoms with E-state index in [2.05, 4.69) is 15.0 Å². The molecular weight excluding hydrogens is 356 g/mol. The van der Waals surface area contributed by atoms with Crippen molar-refractivity contribution in [2.45, 2.75) is 5.91 Å². The van der Waals surface area contributed by atoms with Crippen LogP contribution in [0.2, 0.25) is 0 Å². The Hall–Kier alpha value is -2.97. The van der Waals surface area contributed by atoms with Crippen LogP contribution < -0.4 is 16.3 Å². The number of hydrogen-bond acceptors (Lipinski definition) is 3. The summed E-state index contributed by atoms with van der Waals surface area (Å²) < 4.78 is 16.5. The van der Waals surface area contributed by atoms with E-state index in [1.807, 2.05) is 84.9 Å². The van der Waals surface area contributed by atoms with Crippen LogP contribution >= 0.6 is 7.26 Å². The van der Waals surface area contributed by atoms with Gasteiger partial charge in [-0.05, 0) is 0 Å². The number of benzene rings is 1. The summed E-state index contributed by atoms with van der Waals surface area (Å²) in [6.45, 7) is 0. The molecule has 1 atom stereocenters. The molecule has 3 aromatic heterocycles. The predicted octanol–water partition coefficient (Wildman–Crippen LogP) is 3.57. The van der Waals surface area contributed by atoms with Crippen molar-refractivity contribution in [2.75, 3.05) is 0 Å². The Morgan fingerprint density at radius 1 is 0.556 bits per heavy atom. The van der Waals surface area contributed by atoms with E-state index in [0.717, 1.165) is 0 Å². The van der Waals surface area contributed by atoms with Gasteiger partial charge in [0, 0.05) is 0 Å². The van der Waals surface area contributed by atoms with Crippen molar-refractivity contribution in [2.24, 2.45) is 0 Å². The van der Waals surface area contributed by atoms with Gasteiger partial charge < -0.3 is 0 Å². The normalized spacial score (nSPS) is 13.1. The van der Waals surface area contributed by atoms with Gasteiger partial charge in [-0.3, -0.25) is 0 Å². The van der Waals surface area contributed by atoms with Crippen molar-refractivity contribution in [3.63, 3.8) is 0 Å². The maximum atomic E-state index is 16.5. The molecule has 0 fully saturated rings. The van der Waals surface area contributed by atoms with E-state index in [1.54, 1.807) is 18.6 Å². The molecule has 0 radical (unpaired) electrons. The molecular formula is C22H19FN3P. The van der Waals surface area contributed by atoms with Crippen LogP contribution in [0.15, 0.2) is 104 Å². The molecule has 3 heterocycles. The maximum absolute atomic E-state index is 16.5. The van der Waals surface area contributed by atoms with Gasteiger partial charge in [-0.1, -0.05) is 0 Å². The molecule has 0 spiro atoms. The third kappa shape index (κ3) is 3.13. The first kappa shape index (κ1) is 17.4. The monoisotopic (exact) mass is 375 g/mol. The summed E-state index contributed by atoms with van der Waals surface area (Å²) in [6, 6.07) is 26.1. The summed E-state index contributed by atoms with van der Waals surface area (Å²) >= 11 is 0. The van der Waals surface area contributed by atoms with Crippen molar-refractivity contribution >= 4 is 23.6 Å². The van der Waals surface area contributed by atoms with Gasteiger partial charge in [-0.2, -0.15) is 0 Å². The number of aromatic nitrogens is 3. The molecule has 0 amide bonds. The molecule has 134 valence electrons. The van der Waals surface area contributed by atoms with Crippen molar-refractivity contribution in [1.82, 2.24) is 15.0 Å². The predicted molar refractivity (Wildman–Crippen MR) is 110 cm³/mol. The number of alkyl halides is 1. The molecule has 0 aliphatic rings. The second kappa shape index (κ2) is 7.73. The van der Waals surface area contributed by atoms with E-state index in [9.17, 15) is 0 Å². The van der Waals surface area contributed by atoms with Crippen molar-refractivity contribution in [3.05, 3.63) is 109 Å². The fraction of sp³-hybridized carbons (Fsp3) is 0.0455. The zero-order chi connectivity index (χ0) is 18.5. The van der Waals surface area contributed by atoms with Crippen molar-refractivity contribution in [3.8, 4) is 0 Å². The molecule has 3 nitrogen and oxygen atoms in total. The van der Waals surface area contributed by atoms with Crippen molar-refractivity contribution in [1.29, 1.82) is 0 Å². The number of hydrogen-bond donors (Lipinski definition) is 0. The first-order chi connectivity index (χ1) is 13.3. The van der Waals surface area contributed by atoms with E-state index >= 15 is 4.39 Å². The molecule has 0 aliphatic carbocycles. The van der Waals surface area contributed by atoms with Crippen LogP contribution in [0.5, 0.6) is 0 Å². The van der Waals surface area contributed by atoms with E-state index in [4.69, 9.17) is 0 Å². The average molecular weight is 375 g/mol. The van der Waals surface area contributed by atoms with Gasteiger partial charge in [-0.25, -0.2) is 0 Å². The average Bonchev–Trinajstić information content (AvgIpc) is 2.77. The third-order valence-electron chi connectivity index (χ3n) is 4.68. The second-order valence-electron chi connectivity index (χ2n) is 6.23. The van der Waals surface area contributed by atoms with Gasteiger partial charge in [0.05, 0.1) is 0 Å². The summed E-state index contributed by atoms with van der Waals surface area (Å²) in [5.74, 6) is -1.28. The fourth-order valence-corrected chi connectivity index (χ4v) is 7.61. The van der Waals surface area contributed by atoms with Crippen LogP contribution in [0.1, 0.15) is 11.5 Å². The van der Waals surface area contributed by atoms with Gasteiger partial charge >= 0.3 is 158 Å². The standard InChI is InChI=1S/C22H19FN3P/c23-22(18-10-2-1-3-11-18)27(19-12-4-7-15-24-19,20-13-5-8-16-25-20)21-14-6-9-17-26-21/h1-17,22,27H. The number of rotatable bonds is 5. The van der Waals surface area contributed by atoms with Crippen LogP contribution in [-0.4, -0.2) is 15.0 Å². The summed E-state index contributed by atoms with van der Waals surface area (Å²) in [6.07, 6.45) is 5.13. The third-order valence-corrected chi connectivity index (χ3v) is 9.08. The zero-order valence-electron chi connectivity index (χ0n) is 14.6. The van der Waals surface area contributed by atoms with E-state index in [-0.39, 0.29) is 0 Å². The SMILES string of the molecule is FC(c1ccccc1)[PH](c1ccccn1)(c1ccccn1)c1ccccn1. The molecule has 27 heavy (non-hydrogen) atoms. The minimum absolute atomic E-state index is 0.617. The Kier molecular flexibility index (Phi) is 4.99. The summed E-state index contributed by atoms with van der Waals surface area (Å²) in [7, 11) is -3.27. The molecule has 0 aliphatic heterocycles. The molecule has 0 saturated carbocycles. The molecule has 1 unspecified atom stereocenters. The van der Waals surface area contributed by atoms with Gasteiger partial charge in [0.1, 0.15) is 0 Å². The van der Waals surface area contributed by atoms with Crippen LogP contribution in [0.25, 0.3) is 0 Å². The Morgan fingerprint density at radius 2 is 0.963 bits per heavy atom. The summed E-state index contributed by atoms with van der Waals surface area (Å²) in [5.41, 5.74) is 2.74. The molecule has 0 N–H and O–H groups in total. The van der Waals surface area contributed by atoms with Gasteiger partial charge in [0.2, 0.25) is 0 Å². The molecule has 5 heteroatoms.